The standard InChI is InChI=1S/C8H16N2/c1-6-4-7(2)10-8(3)5-9-6/h6,8-9H,4-5H2,1-3H3. The third kappa shape index (κ3) is 2.10. The fourth-order valence-corrected chi connectivity index (χ4v) is 1.36. The fraction of sp³-hybridized carbons (Fsp3) is 0.875. The van der Waals surface area contributed by atoms with Crippen LogP contribution in [0.5, 0.6) is 0 Å². The summed E-state index contributed by atoms with van der Waals surface area (Å²) in [6, 6.07) is 1.07. The SMILES string of the molecule is CC1=NC(C)CNC(C)C1. The van der Waals surface area contributed by atoms with Crippen molar-refractivity contribution < 1.29 is 0 Å². The lowest BCUT2D eigenvalue weighted by atomic mass is 10.2. The van der Waals surface area contributed by atoms with E-state index in [1.165, 1.54) is 5.71 Å². The fourth-order valence-electron chi connectivity index (χ4n) is 1.36. The molecule has 10 heavy (non-hydrogen) atoms. The van der Waals surface area contributed by atoms with Crippen LogP contribution in [-0.4, -0.2) is 24.3 Å². The Morgan fingerprint density at radius 1 is 1.50 bits per heavy atom. The molecule has 1 N–H and O–H groups in total. The average Bonchev–Trinajstić information content (AvgIpc) is 1.93. The Hall–Kier alpha value is -0.370. The predicted octanol–water partition coefficient (Wildman–Crippen LogP) is 1.22. The van der Waals surface area contributed by atoms with Crippen LogP contribution in [-0.2, 0) is 0 Å². The van der Waals surface area contributed by atoms with Crippen molar-refractivity contribution in [2.45, 2.75) is 39.3 Å². The molecule has 0 radical (unpaired) electrons. The van der Waals surface area contributed by atoms with Crippen molar-refractivity contribution in [3.8, 4) is 0 Å². The number of rotatable bonds is 0. The first-order valence-corrected chi connectivity index (χ1v) is 3.95. The van der Waals surface area contributed by atoms with Gasteiger partial charge >= 0.3 is 0 Å². The Morgan fingerprint density at radius 2 is 2.20 bits per heavy atom. The highest BCUT2D eigenvalue weighted by Crippen LogP contribution is 2.02. The van der Waals surface area contributed by atoms with E-state index in [0.29, 0.717) is 12.1 Å². The minimum atomic E-state index is 0.463. The first kappa shape index (κ1) is 7.73. The third-order valence-corrected chi connectivity index (χ3v) is 1.80. The lowest BCUT2D eigenvalue weighted by Crippen LogP contribution is -2.29. The Bertz CT molecular complexity index is 140. The second-order valence-electron chi connectivity index (χ2n) is 3.23. The minimum Gasteiger partial charge on any atom is -0.312 e. The van der Waals surface area contributed by atoms with Gasteiger partial charge in [-0.2, -0.15) is 0 Å². The molecule has 0 aromatic heterocycles. The lowest BCUT2D eigenvalue weighted by molar-refractivity contribution is 0.548. The molecule has 0 bridgehead atoms. The molecule has 0 aliphatic carbocycles. The number of aliphatic imine (C=N–C) groups is 1. The van der Waals surface area contributed by atoms with Gasteiger partial charge in [0.15, 0.2) is 0 Å². The quantitative estimate of drug-likeness (QED) is 0.537. The van der Waals surface area contributed by atoms with Crippen LogP contribution in [0.4, 0.5) is 0 Å². The van der Waals surface area contributed by atoms with E-state index in [0.717, 1.165) is 13.0 Å². The smallest absolute Gasteiger partial charge is 0.0595 e. The largest absolute Gasteiger partial charge is 0.312 e. The summed E-state index contributed by atoms with van der Waals surface area (Å²) in [5.41, 5.74) is 1.28. The molecule has 1 aliphatic heterocycles. The molecule has 2 unspecified atom stereocenters. The third-order valence-electron chi connectivity index (χ3n) is 1.80. The second-order valence-corrected chi connectivity index (χ2v) is 3.23. The van der Waals surface area contributed by atoms with E-state index in [9.17, 15) is 0 Å². The van der Waals surface area contributed by atoms with Gasteiger partial charge in [0.2, 0.25) is 0 Å². The summed E-state index contributed by atoms with van der Waals surface area (Å²) in [6.45, 7) is 7.49. The summed E-state index contributed by atoms with van der Waals surface area (Å²) >= 11 is 0. The van der Waals surface area contributed by atoms with E-state index >= 15 is 0 Å². The Kier molecular flexibility index (Phi) is 2.44. The molecule has 2 atom stereocenters. The molecule has 0 saturated carbocycles. The molecule has 2 nitrogen and oxygen atoms in total. The van der Waals surface area contributed by atoms with Crippen molar-refractivity contribution in [3.63, 3.8) is 0 Å². The molecule has 0 spiro atoms. The predicted molar refractivity (Wildman–Crippen MR) is 44.7 cm³/mol. The number of hydrogen-bond donors (Lipinski definition) is 1. The topological polar surface area (TPSA) is 24.4 Å². The molecule has 0 saturated heterocycles. The van der Waals surface area contributed by atoms with Gasteiger partial charge in [0, 0.05) is 24.7 Å². The summed E-state index contributed by atoms with van der Waals surface area (Å²) in [7, 11) is 0. The second kappa shape index (κ2) is 3.15. The van der Waals surface area contributed by atoms with Gasteiger partial charge < -0.3 is 5.32 Å². The molecule has 0 aromatic carbocycles. The molecule has 0 aromatic rings. The Balaban J connectivity index is 2.55. The molecule has 1 aliphatic rings. The van der Waals surface area contributed by atoms with E-state index < -0.39 is 0 Å². The molecule has 0 fully saturated rings. The van der Waals surface area contributed by atoms with Crippen LogP contribution in [0.25, 0.3) is 0 Å². The summed E-state index contributed by atoms with van der Waals surface area (Å²) in [5, 5.41) is 3.41. The van der Waals surface area contributed by atoms with Crippen LogP contribution in [0, 0.1) is 0 Å². The molecule has 58 valence electrons. The van der Waals surface area contributed by atoms with Gasteiger partial charge in [-0.15, -0.1) is 0 Å². The number of hydrogen-bond acceptors (Lipinski definition) is 2. The molecular weight excluding hydrogens is 124 g/mol. The molecule has 2 heteroatoms. The van der Waals surface area contributed by atoms with Crippen LogP contribution in [0.2, 0.25) is 0 Å². The van der Waals surface area contributed by atoms with Crippen molar-refractivity contribution in [3.05, 3.63) is 0 Å². The van der Waals surface area contributed by atoms with Crippen LogP contribution < -0.4 is 5.32 Å². The van der Waals surface area contributed by atoms with Crippen LogP contribution in [0.15, 0.2) is 4.99 Å². The average molecular weight is 140 g/mol. The number of nitrogens with zero attached hydrogens (tertiary/aromatic N) is 1. The first-order valence-electron chi connectivity index (χ1n) is 3.95. The summed E-state index contributed by atoms with van der Waals surface area (Å²) < 4.78 is 0. The van der Waals surface area contributed by atoms with Crippen molar-refractivity contribution in [1.82, 2.24) is 5.32 Å². The van der Waals surface area contributed by atoms with Gasteiger partial charge in [0.25, 0.3) is 0 Å². The van der Waals surface area contributed by atoms with Crippen molar-refractivity contribution in [2.24, 2.45) is 4.99 Å². The zero-order valence-electron chi connectivity index (χ0n) is 7.02. The molecular formula is C8H16N2. The number of nitrogens with one attached hydrogen (secondary N) is 1. The van der Waals surface area contributed by atoms with Crippen molar-refractivity contribution in [1.29, 1.82) is 0 Å². The summed E-state index contributed by atoms with van der Waals surface area (Å²) in [5.74, 6) is 0. The van der Waals surface area contributed by atoms with Gasteiger partial charge in [0.05, 0.1) is 6.04 Å². The minimum absolute atomic E-state index is 0.463. The normalized spacial score (nSPS) is 34.9. The van der Waals surface area contributed by atoms with Crippen molar-refractivity contribution >= 4 is 5.71 Å². The maximum atomic E-state index is 4.48. The molecule has 0 amide bonds. The van der Waals surface area contributed by atoms with Crippen LogP contribution >= 0.6 is 0 Å². The van der Waals surface area contributed by atoms with E-state index in [-0.39, 0.29) is 0 Å². The highest BCUT2D eigenvalue weighted by atomic mass is 15.0. The van der Waals surface area contributed by atoms with Gasteiger partial charge in [-0.25, -0.2) is 0 Å². The van der Waals surface area contributed by atoms with Gasteiger partial charge in [-0.05, 0) is 20.8 Å². The highest BCUT2D eigenvalue weighted by molar-refractivity contribution is 5.82. The highest BCUT2D eigenvalue weighted by Gasteiger charge is 2.10. The van der Waals surface area contributed by atoms with E-state index in [4.69, 9.17) is 0 Å². The van der Waals surface area contributed by atoms with Crippen molar-refractivity contribution in [2.75, 3.05) is 6.54 Å². The molecule has 1 heterocycles. The summed E-state index contributed by atoms with van der Waals surface area (Å²) in [4.78, 5) is 4.48. The van der Waals surface area contributed by atoms with E-state index in [1.807, 2.05) is 0 Å². The van der Waals surface area contributed by atoms with Crippen LogP contribution in [0.1, 0.15) is 27.2 Å². The monoisotopic (exact) mass is 140 g/mol. The van der Waals surface area contributed by atoms with Crippen LogP contribution in [0.3, 0.4) is 0 Å². The zero-order chi connectivity index (χ0) is 7.56. The van der Waals surface area contributed by atoms with Gasteiger partial charge in [0.1, 0.15) is 0 Å². The van der Waals surface area contributed by atoms with E-state index in [2.05, 4.69) is 31.1 Å². The lowest BCUT2D eigenvalue weighted by Gasteiger charge is -2.08. The van der Waals surface area contributed by atoms with Gasteiger partial charge in [-0.3, -0.25) is 4.99 Å². The van der Waals surface area contributed by atoms with Gasteiger partial charge in [-0.1, -0.05) is 0 Å². The first-order chi connectivity index (χ1) is 4.68. The zero-order valence-corrected chi connectivity index (χ0v) is 7.02. The Morgan fingerprint density at radius 3 is 2.90 bits per heavy atom. The Labute approximate surface area is 62.7 Å². The maximum Gasteiger partial charge on any atom is 0.0595 e. The summed E-state index contributed by atoms with van der Waals surface area (Å²) in [6.07, 6.45) is 1.10. The maximum absolute atomic E-state index is 4.48. The van der Waals surface area contributed by atoms with E-state index in [1.54, 1.807) is 0 Å². The molecule has 1 rings (SSSR count).